The molecule has 0 N–H and O–H groups in total. The van der Waals surface area contributed by atoms with Crippen LogP contribution in [0, 0.1) is 0 Å². The molecular weight excluding hydrogens is 302 g/mol. The number of thiophene rings is 1. The van der Waals surface area contributed by atoms with Crippen LogP contribution in [0.1, 0.15) is 22.5 Å². The number of aromatic nitrogens is 2. The van der Waals surface area contributed by atoms with Crippen LogP contribution < -0.4 is 9.47 Å². The minimum absolute atomic E-state index is 0.0695. The second-order valence-corrected chi connectivity index (χ2v) is 5.96. The maximum absolute atomic E-state index is 12.4. The van der Waals surface area contributed by atoms with E-state index in [9.17, 15) is 4.79 Å². The molecule has 1 amide bonds. The molecule has 7 heteroatoms. The van der Waals surface area contributed by atoms with Crippen LogP contribution in [0.5, 0.6) is 11.8 Å². The summed E-state index contributed by atoms with van der Waals surface area (Å²) in [7, 11) is 1.54. The second kappa shape index (κ2) is 6.74. The molecule has 1 aliphatic rings. The third-order valence-corrected chi connectivity index (χ3v) is 4.34. The van der Waals surface area contributed by atoms with Crippen LogP contribution in [0.2, 0.25) is 0 Å². The van der Waals surface area contributed by atoms with Gasteiger partial charge in [0, 0.05) is 6.54 Å². The summed E-state index contributed by atoms with van der Waals surface area (Å²) in [6.07, 6.45) is 4.83. The lowest BCUT2D eigenvalue weighted by Gasteiger charge is -2.32. The molecule has 1 aliphatic heterocycles. The summed E-state index contributed by atoms with van der Waals surface area (Å²) in [6.45, 7) is 1.33. The van der Waals surface area contributed by atoms with Gasteiger partial charge in [0.25, 0.3) is 5.91 Å². The molecule has 2 aromatic rings. The zero-order valence-electron chi connectivity index (χ0n) is 12.3. The first-order chi connectivity index (χ1) is 10.8. The molecule has 3 heterocycles. The molecule has 0 unspecified atom stereocenters. The molecule has 6 nitrogen and oxygen atoms in total. The van der Waals surface area contributed by atoms with Crippen LogP contribution in [-0.4, -0.2) is 47.1 Å². The SMILES string of the molecule is COc1cncc(O[C@H]2CCCN(C(=O)c3cccs3)C2)n1. The fourth-order valence-electron chi connectivity index (χ4n) is 2.43. The molecule has 2 aromatic heterocycles. The fourth-order valence-corrected chi connectivity index (χ4v) is 3.12. The minimum atomic E-state index is -0.0703. The number of methoxy groups -OCH3 is 1. The van der Waals surface area contributed by atoms with Crippen molar-refractivity contribution in [2.75, 3.05) is 20.2 Å². The van der Waals surface area contributed by atoms with Gasteiger partial charge < -0.3 is 14.4 Å². The first-order valence-electron chi connectivity index (χ1n) is 7.12. The molecule has 1 saturated heterocycles. The van der Waals surface area contributed by atoms with Crippen LogP contribution in [-0.2, 0) is 0 Å². The lowest BCUT2D eigenvalue weighted by molar-refractivity contribution is 0.0529. The average Bonchev–Trinajstić information content (AvgIpc) is 3.09. The van der Waals surface area contributed by atoms with Crippen molar-refractivity contribution in [2.24, 2.45) is 0 Å². The molecule has 116 valence electrons. The third-order valence-electron chi connectivity index (χ3n) is 3.48. The predicted molar refractivity (Wildman–Crippen MR) is 82.5 cm³/mol. The highest BCUT2D eigenvalue weighted by Gasteiger charge is 2.26. The van der Waals surface area contributed by atoms with E-state index >= 15 is 0 Å². The van der Waals surface area contributed by atoms with Crippen LogP contribution in [0.15, 0.2) is 29.9 Å². The summed E-state index contributed by atoms with van der Waals surface area (Å²) >= 11 is 1.46. The standard InChI is InChI=1S/C15H17N3O3S/c1-20-13-8-16-9-14(17-13)21-11-4-2-6-18(10-11)15(19)12-5-3-7-22-12/h3,5,7-9,11H,2,4,6,10H2,1H3/t11-/m0/s1. The monoisotopic (exact) mass is 319 g/mol. The molecule has 0 aromatic carbocycles. The van der Waals surface area contributed by atoms with E-state index in [2.05, 4.69) is 9.97 Å². The molecular formula is C15H17N3O3S. The summed E-state index contributed by atoms with van der Waals surface area (Å²) < 4.78 is 10.9. The Hall–Kier alpha value is -2.15. The van der Waals surface area contributed by atoms with E-state index in [1.54, 1.807) is 6.20 Å². The number of amides is 1. The number of carbonyl (C=O) groups excluding carboxylic acids is 1. The number of carbonyl (C=O) groups is 1. The van der Waals surface area contributed by atoms with Crippen molar-refractivity contribution in [1.82, 2.24) is 14.9 Å². The van der Waals surface area contributed by atoms with Gasteiger partial charge in [-0.3, -0.25) is 9.78 Å². The predicted octanol–water partition coefficient (Wildman–Crippen LogP) is 2.23. The Morgan fingerprint density at radius 3 is 3.05 bits per heavy atom. The van der Waals surface area contributed by atoms with E-state index in [-0.39, 0.29) is 12.0 Å². The first kappa shape index (κ1) is 14.8. The smallest absolute Gasteiger partial charge is 0.264 e. The molecule has 0 saturated carbocycles. The van der Waals surface area contributed by atoms with E-state index in [0.717, 1.165) is 24.3 Å². The van der Waals surface area contributed by atoms with Gasteiger partial charge in [-0.2, -0.15) is 4.98 Å². The van der Waals surface area contributed by atoms with Crippen molar-refractivity contribution in [1.29, 1.82) is 0 Å². The van der Waals surface area contributed by atoms with Gasteiger partial charge in [0.2, 0.25) is 11.8 Å². The molecule has 3 rings (SSSR count). The topological polar surface area (TPSA) is 64.6 Å². The molecule has 0 bridgehead atoms. The number of hydrogen-bond acceptors (Lipinski definition) is 6. The molecule has 1 fully saturated rings. The number of likely N-dealkylation sites (tertiary alicyclic amines) is 1. The zero-order valence-corrected chi connectivity index (χ0v) is 13.1. The van der Waals surface area contributed by atoms with Gasteiger partial charge in [0.1, 0.15) is 6.10 Å². The summed E-state index contributed by atoms with van der Waals surface area (Å²) in [5.41, 5.74) is 0. The summed E-state index contributed by atoms with van der Waals surface area (Å²) in [5, 5.41) is 1.91. The first-order valence-corrected chi connectivity index (χ1v) is 7.99. The Balaban J connectivity index is 1.64. The number of hydrogen-bond donors (Lipinski definition) is 0. The van der Waals surface area contributed by atoms with E-state index in [4.69, 9.17) is 9.47 Å². The van der Waals surface area contributed by atoms with Crippen molar-refractivity contribution in [2.45, 2.75) is 18.9 Å². The van der Waals surface area contributed by atoms with Crippen molar-refractivity contribution < 1.29 is 14.3 Å². The van der Waals surface area contributed by atoms with Crippen molar-refractivity contribution in [3.05, 3.63) is 34.8 Å². The summed E-state index contributed by atoms with van der Waals surface area (Å²) in [5.74, 6) is 0.912. The van der Waals surface area contributed by atoms with Gasteiger partial charge in [-0.05, 0) is 24.3 Å². The maximum Gasteiger partial charge on any atom is 0.264 e. The van der Waals surface area contributed by atoms with Gasteiger partial charge in [-0.15, -0.1) is 11.3 Å². The Morgan fingerprint density at radius 2 is 2.27 bits per heavy atom. The van der Waals surface area contributed by atoms with Crippen LogP contribution in [0.4, 0.5) is 0 Å². The Morgan fingerprint density at radius 1 is 1.41 bits per heavy atom. The van der Waals surface area contributed by atoms with Gasteiger partial charge >= 0.3 is 0 Å². The van der Waals surface area contributed by atoms with Gasteiger partial charge in [-0.1, -0.05) is 6.07 Å². The number of piperidine rings is 1. The largest absolute Gasteiger partial charge is 0.480 e. The number of nitrogens with zero attached hydrogens (tertiary/aromatic N) is 3. The Labute approximate surface area is 132 Å². The fraction of sp³-hybridized carbons (Fsp3) is 0.400. The molecule has 0 spiro atoms. The van der Waals surface area contributed by atoms with Crippen LogP contribution in [0.25, 0.3) is 0 Å². The highest BCUT2D eigenvalue weighted by Crippen LogP contribution is 2.20. The lowest BCUT2D eigenvalue weighted by Crippen LogP contribution is -2.44. The summed E-state index contributed by atoms with van der Waals surface area (Å²) in [4.78, 5) is 23.2. The Bertz CT molecular complexity index is 633. The third kappa shape index (κ3) is 3.36. The normalized spacial score (nSPS) is 18.0. The second-order valence-electron chi connectivity index (χ2n) is 5.01. The zero-order chi connectivity index (χ0) is 15.4. The minimum Gasteiger partial charge on any atom is -0.480 e. The van der Waals surface area contributed by atoms with E-state index in [0.29, 0.717) is 18.3 Å². The van der Waals surface area contributed by atoms with Crippen LogP contribution >= 0.6 is 11.3 Å². The van der Waals surface area contributed by atoms with Gasteiger partial charge in [0.05, 0.1) is 30.9 Å². The van der Waals surface area contributed by atoms with Crippen molar-refractivity contribution in [3.8, 4) is 11.8 Å². The number of rotatable bonds is 4. The maximum atomic E-state index is 12.4. The van der Waals surface area contributed by atoms with E-state index < -0.39 is 0 Å². The average molecular weight is 319 g/mol. The molecule has 0 radical (unpaired) electrons. The highest BCUT2D eigenvalue weighted by molar-refractivity contribution is 7.12. The molecule has 1 atom stereocenters. The molecule has 0 aliphatic carbocycles. The molecule has 22 heavy (non-hydrogen) atoms. The van der Waals surface area contributed by atoms with Crippen LogP contribution in [0.3, 0.4) is 0 Å². The van der Waals surface area contributed by atoms with E-state index in [1.165, 1.54) is 24.6 Å². The van der Waals surface area contributed by atoms with Crippen molar-refractivity contribution in [3.63, 3.8) is 0 Å². The Kier molecular flexibility index (Phi) is 4.53. The lowest BCUT2D eigenvalue weighted by atomic mass is 10.1. The quantitative estimate of drug-likeness (QED) is 0.864. The van der Waals surface area contributed by atoms with Gasteiger partial charge in [-0.25, -0.2) is 0 Å². The van der Waals surface area contributed by atoms with Gasteiger partial charge in [0.15, 0.2) is 0 Å². The van der Waals surface area contributed by atoms with Crippen molar-refractivity contribution >= 4 is 17.2 Å². The number of ether oxygens (including phenoxy) is 2. The summed E-state index contributed by atoms with van der Waals surface area (Å²) in [6, 6.07) is 3.74. The van der Waals surface area contributed by atoms with E-state index in [1.807, 2.05) is 22.4 Å². The highest BCUT2D eigenvalue weighted by atomic mass is 32.1.